The number of ether oxygens (including phenoxy) is 1. The number of hydrogen-bond donors (Lipinski definition) is 2. The maximum Gasteiger partial charge on any atom is 0.181 e. The second kappa shape index (κ2) is 6.86. The first-order valence-corrected chi connectivity index (χ1v) is 9.14. The zero-order valence-electron chi connectivity index (χ0n) is 14.4. The highest BCUT2D eigenvalue weighted by Crippen LogP contribution is 2.31. The normalized spacial score (nSPS) is 11.4. The van der Waals surface area contributed by atoms with Crippen LogP contribution in [0, 0.1) is 0 Å². The largest absolute Gasteiger partial charge is 0.491 e. The molecule has 4 rings (SSSR count). The molecule has 0 saturated heterocycles. The van der Waals surface area contributed by atoms with Crippen molar-refractivity contribution in [1.29, 1.82) is 0 Å². The van der Waals surface area contributed by atoms with E-state index in [1.807, 2.05) is 50.2 Å². The summed E-state index contributed by atoms with van der Waals surface area (Å²) in [6.45, 7) is 4.02. The van der Waals surface area contributed by atoms with Crippen molar-refractivity contribution in [2.75, 3.05) is 0 Å². The summed E-state index contributed by atoms with van der Waals surface area (Å²) in [6, 6.07) is 11.5. The van der Waals surface area contributed by atoms with Crippen LogP contribution >= 0.6 is 11.3 Å². The third-order valence-electron chi connectivity index (χ3n) is 3.84. The number of H-pyrrole nitrogens is 1. The first-order chi connectivity index (χ1) is 12.6. The monoisotopic (exact) mass is 366 g/mol. The molecule has 0 spiro atoms. The minimum Gasteiger partial charge on any atom is -0.491 e. The summed E-state index contributed by atoms with van der Waals surface area (Å²) in [5.74, 6) is 1.34. The zero-order valence-corrected chi connectivity index (χ0v) is 15.2. The average Bonchev–Trinajstić information content (AvgIpc) is 3.28. The third kappa shape index (κ3) is 3.18. The van der Waals surface area contributed by atoms with Gasteiger partial charge >= 0.3 is 0 Å². The predicted octanol–water partition coefficient (Wildman–Crippen LogP) is 4.03. The molecule has 4 aromatic rings. The van der Waals surface area contributed by atoms with Gasteiger partial charge < -0.3 is 9.84 Å². The van der Waals surface area contributed by atoms with Crippen LogP contribution in [0.2, 0.25) is 0 Å². The number of nitrogens with one attached hydrogen (secondary N) is 1. The number of fused-ring (bicyclic) bond motifs is 1. The van der Waals surface area contributed by atoms with Gasteiger partial charge in [-0.25, -0.2) is 9.97 Å². The van der Waals surface area contributed by atoms with Crippen LogP contribution in [0.3, 0.4) is 0 Å². The fraction of sp³-hybridized carbons (Fsp3) is 0.211. The van der Waals surface area contributed by atoms with Crippen molar-refractivity contribution in [2.24, 2.45) is 0 Å². The van der Waals surface area contributed by atoms with Crippen molar-refractivity contribution in [1.82, 2.24) is 20.2 Å². The summed E-state index contributed by atoms with van der Waals surface area (Å²) in [5, 5.41) is 17.6. The Labute approximate surface area is 154 Å². The van der Waals surface area contributed by atoms with E-state index in [9.17, 15) is 5.11 Å². The number of thiophene rings is 1. The van der Waals surface area contributed by atoms with Gasteiger partial charge in [-0.3, -0.25) is 5.10 Å². The van der Waals surface area contributed by atoms with Gasteiger partial charge in [0.25, 0.3) is 0 Å². The Morgan fingerprint density at radius 2 is 2.08 bits per heavy atom. The van der Waals surface area contributed by atoms with Gasteiger partial charge in [0, 0.05) is 16.5 Å². The fourth-order valence-electron chi connectivity index (χ4n) is 2.72. The van der Waals surface area contributed by atoms with Crippen LogP contribution in [0.25, 0.3) is 33.0 Å². The van der Waals surface area contributed by atoms with E-state index in [0.29, 0.717) is 11.5 Å². The molecular formula is C19H18N4O2S. The van der Waals surface area contributed by atoms with E-state index in [1.54, 1.807) is 6.20 Å². The SMILES string of the molecule is CC(C)Oc1ccc2[nH]nc(-c3nccc(-c4ccc(CO)s4)n3)c2c1. The summed E-state index contributed by atoms with van der Waals surface area (Å²) < 4.78 is 5.79. The molecule has 3 aromatic heterocycles. The van der Waals surface area contributed by atoms with E-state index < -0.39 is 0 Å². The molecule has 0 aliphatic rings. The molecule has 7 heteroatoms. The topological polar surface area (TPSA) is 83.9 Å². The summed E-state index contributed by atoms with van der Waals surface area (Å²) >= 11 is 1.52. The van der Waals surface area contributed by atoms with Gasteiger partial charge in [0.05, 0.1) is 28.8 Å². The average molecular weight is 366 g/mol. The van der Waals surface area contributed by atoms with Gasteiger partial charge in [-0.1, -0.05) is 0 Å². The highest BCUT2D eigenvalue weighted by Gasteiger charge is 2.14. The number of hydrogen-bond acceptors (Lipinski definition) is 6. The van der Waals surface area contributed by atoms with E-state index in [1.165, 1.54) is 11.3 Å². The van der Waals surface area contributed by atoms with E-state index in [0.717, 1.165) is 32.1 Å². The van der Waals surface area contributed by atoms with Crippen molar-refractivity contribution in [3.63, 3.8) is 0 Å². The van der Waals surface area contributed by atoms with Crippen molar-refractivity contribution < 1.29 is 9.84 Å². The molecule has 0 amide bonds. The van der Waals surface area contributed by atoms with E-state index in [-0.39, 0.29) is 12.7 Å². The standard InChI is InChI=1S/C19H18N4O2S/c1-11(2)25-12-3-5-15-14(9-12)18(23-22-15)19-20-8-7-16(21-19)17-6-4-13(10-24)26-17/h3-9,11,24H,10H2,1-2H3,(H,22,23). The van der Waals surface area contributed by atoms with Crippen LogP contribution in [0.5, 0.6) is 5.75 Å². The number of benzene rings is 1. The molecule has 3 heterocycles. The fourth-order valence-corrected chi connectivity index (χ4v) is 3.56. The molecule has 26 heavy (non-hydrogen) atoms. The smallest absolute Gasteiger partial charge is 0.181 e. The lowest BCUT2D eigenvalue weighted by atomic mass is 10.2. The molecule has 6 nitrogen and oxygen atoms in total. The van der Waals surface area contributed by atoms with Crippen LogP contribution in [-0.4, -0.2) is 31.4 Å². The molecule has 0 saturated carbocycles. The van der Waals surface area contributed by atoms with Crippen LogP contribution in [0.15, 0.2) is 42.6 Å². The zero-order chi connectivity index (χ0) is 18.1. The first-order valence-electron chi connectivity index (χ1n) is 8.32. The van der Waals surface area contributed by atoms with Gasteiger partial charge in [0.15, 0.2) is 5.82 Å². The molecule has 0 fully saturated rings. The second-order valence-electron chi connectivity index (χ2n) is 6.14. The van der Waals surface area contributed by atoms with Gasteiger partial charge in [-0.15, -0.1) is 11.3 Å². The van der Waals surface area contributed by atoms with Gasteiger partial charge in [0.1, 0.15) is 11.4 Å². The van der Waals surface area contributed by atoms with E-state index in [4.69, 9.17) is 4.74 Å². The molecule has 132 valence electrons. The lowest BCUT2D eigenvalue weighted by molar-refractivity contribution is 0.243. The lowest BCUT2D eigenvalue weighted by Gasteiger charge is -2.09. The highest BCUT2D eigenvalue weighted by atomic mass is 32.1. The van der Waals surface area contributed by atoms with Crippen molar-refractivity contribution in [2.45, 2.75) is 26.6 Å². The molecule has 0 bridgehead atoms. The van der Waals surface area contributed by atoms with Gasteiger partial charge in [-0.05, 0) is 50.2 Å². The quantitative estimate of drug-likeness (QED) is 0.557. The molecule has 0 aliphatic heterocycles. The Balaban J connectivity index is 1.76. The maximum absolute atomic E-state index is 9.26. The molecule has 0 aliphatic carbocycles. The summed E-state index contributed by atoms with van der Waals surface area (Å²) in [6.07, 6.45) is 1.83. The Morgan fingerprint density at radius 1 is 1.19 bits per heavy atom. The number of aliphatic hydroxyl groups excluding tert-OH is 1. The molecule has 0 unspecified atom stereocenters. The Bertz CT molecular complexity index is 1050. The van der Waals surface area contributed by atoms with Crippen molar-refractivity contribution in [3.05, 3.63) is 47.5 Å². The van der Waals surface area contributed by atoms with E-state index >= 15 is 0 Å². The lowest BCUT2D eigenvalue weighted by Crippen LogP contribution is -2.05. The molecule has 0 radical (unpaired) electrons. The third-order valence-corrected chi connectivity index (χ3v) is 4.94. The Kier molecular flexibility index (Phi) is 4.40. The number of rotatable bonds is 5. The number of aromatic amines is 1. The van der Waals surface area contributed by atoms with Gasteiger partial charge in [0.2, 0.25) is 0 Å². The first kappa shape index (κ1) is 16.7. The van der Waals surface area contributed by atoms with Gasteiger partial charge in [-0.2, -0.15) is 5.10 Å². The predicted molar refractivity (Wildman–Crippen MR) is 102 cm³/mol. The Hall–Kier alpha value is -2.77. The molecular weight excluding hydrogens is 348 g/mol. The molecule has 2 N–H and O–H groups in total. The Morgan fingerprint density at radius 3 is 2.85 bits per heavy atom. The molecule has 0 atom stereocenters. The van der Waals surface area contributed by atoms with Crippen molar-refractivity contribution >= 4 is 22.2 Å². The minimum atomic E-state index is 0.0330. The number of aromatic nitrogens is 4. The van der Waals surface area contributed by atoms with Crippen LogP contribution in [0.1, 0.15) is 18.7 Å². The van der Waals surface area contributed by atoms with E-state index in [2.05, 4.69) is 20.2 Å². The van der Waals surface area contributed by atoms with Crippen molar-refractivity contribution in [3.8, 4) is 27.8 Å². The summed E-state index contributed by atoms with van der Waals surface area (Å²) in [4.78, 5) is 11.0. The van der Waals surface area contributed by atoms with Crippen LogP contribution in [0.4, 0.5) is 0 Å². The summed E-state index contributed by atoms with van der Waals surface area (Å²) in [5.41, 5.74) is 2.41. The summed E-state index contributed by atoms with van der Waals surface area (Å²) in [7, 11) is 0. The van der Waals surface area contributed by atoms with Crippen LogP contribution in [-0.2, 0) is 6.61 Å². The maximum atomic E-state index is 9.26. The number of aliphatic hydroxyl groups is 1. The second-order valence-corrected chi connectivity index (χ2v) is 7.30. The number of nitrogens with zero attached hydrogens (tertiary/aromatic N) is 3. The van der Waals surface area contributed by atoms with Crippen LogP contribution < -0.4 is 4.74 Å². The minimum absolute atomic E-state index is 0.0330. The molecule has 1 aromatic carbocycles. The highest BCUT2D eigenvalue weighted by molar-refractivity contribution is 7.15.